The second-order valence-electron chi connectivity index (χ2n) is 9.70. The molecule has 0 bridgehead atoms. The number of alkyl halides is 3. The number of piperidine rings is 1. The van der Waals surface area contributed by atoms with Crippen molar-refractivity contribution in [1.29, 1.82) is 0 Å². The number of carbonyl (C=O) groups is 1. The second kappa shape index (κ2) is 8.57. The van der Waals surface area contributed by atoms with Crippen LogP contribution in [0.25, 0.3) is 11.1 Å². The van der Waals surface area contributed by atoms with E-state index in [0.717, 1.165) is 50.8 Å². The van der Waals surface area contributed by atoms with Crippen LogP contribution in [0.5, 0.6) is 0 Å². The molecule has 0 radical (unpaired) electrons. The highest BCUT2D eigenvalue weighted by molar-refractivity contribution is 5.73. The van der Waals surface area contributed by atoms with Gasteiger partial charge in [0.05, 0.1) is 18.2 Å². The topological polar surface area (TPSA) is 58.8 Å². The van der Waals surface area contributed by atoms with E-state index in [2.05, 4.69) is 9.88 Å². The van der Waals surface area contributed by atoms with Crippen LogP contribution in [0.1, 0.15) is 64.3 Å². The molecule has 0 saturated carbocycles. The number of amides is 1. The Morgan fingerprint density at radius 2 is 1.88 bits per heavy atom. The van der Waals surface area contributed by atoms with Gasteiger partial charge in [-0.25, -0.2) is 9.78 Å². The molecule has 1 amide bonds. The summed E-state index contributed by atoms with van der Waals surface area (Å²) in [5.41, 5.74) is -0.735. The summed E-state index contributed by atoms with van der Waals surface area (Å²) < 4.78 is 50.4. The lowest BCUT2D eigenvalue weighted by atomic mass is 9.94. The molecular weight excluding hydrogens is 423 g/mol. The quantitative estimate of drug-likeness (QED) is 0.605. The molecule has 176 valence electrons. The van der Waals surface area contributed by atoms with Crippen LogP contribution in [0.3, 0.4) is 0 Å². The summed E-state index contributed by atoms with van der Waals surface area (Å²) in [4.78, 5) is 21.2. The minimum absolute atomic E-state index is 0.0476. The van der Waals surface area contributed by atoms with Crippen LogP contribution in [0.2, 0.25) is 0 Å². The zero-order valence-corrected chi connectivity index (χ0v) is 18.7. The molecule has 0 aliphatic carbocycles. The van der Waals surface area contributed by atoms with Gasteiger partial charge in [-0.05, 0) is 71.2 Å². The fraction of sp³-hybridized carbons (Fsp3) is 0.652. The smallest absolute Gasteiger partial charge is 0.416 e. The molecule has 1 aromatic heterocycles. The van der Waals surface area contributed by atoms with Gasteiger partial charge in [-0.15, -0.1) is 0 Å². The van der Waals surface area contributed by atoms with Crippen molar-refractivity contribution in [2.24, 2.45) is 0 Å². The van der Waals surface area contributed by atoms with Gasteiger partial charge in [0.25, 0.3) is 0 Å². The summed E-state index contributed by atoms with van der Waals surface area (Å²) in [7, 11) is 0. The predicted octanol–water partition coefficient (Wildman–Crippen LogP) is 5.60. The minimum atomic E-state index is -4.42. The van der Waals surface area contributed by atoms with Crippen molar-refractivity contribution in [3.63, 3.8) is 0 Å². The third-order valence-electron chi connectivity index (χ3n) is 6.13. The Morgan fingerprint density at radius 3 is 2.59 bits per heavy atom. The SMILES string of the molecule is CC(C)(C)OC(=O)N1CCC[C@@H]1[C@H]1CCCCN1Cc1nc2cc(C(F)(F)F)ccc2o1. The van der Waals surface area contributed by atoms with Crippen molar-refractivity contribution in [2.45, 2.75) is 83.3 Å². The predicted molar refractivity (Wildman–Crippen MR) is 113 cm³/mol. The molecule has 6 nitrogen and oxygen atoms in total. The molecule has 4 rings (SSSR count). The molecule has 2 fully saturated rings. The van der Waals surface area contributed by atoms with Crippen LogP contribution in [0, 0.1) is 0 Å². The lowest BCUT2D eigenvalue weighted by molar-refractivity contribution is -0.137. The van der Waals surface area contributed by atoms with E-state index in [-0.39, 0.29) is 23.7 Å². The molecule has 0 spiro atoms. The number of rotatable bonds is 3. The summed E-state index contributed by atoms with van der Waals surface area (Å²) >= 11 is 0. The van der Waals surface area contributed by atoms with E-state index in [9.17, 15) is 18.0 Å². The number of likely N-dealkylation sites (tertiary alicyclic amines) is 2. The van der Waals surface area contributed by atoms with Crippen molar-refractivity contribution in [2.75, 3.05) is 13.1 Å². The number of oxazole rings is 1. The molecule has 2 atom stereocenters. The van der Waals surface area contributed by atoms with Crippen molar-refractivity contribution < 1.29 is 27.1 Å². The first-order valence-corrected chi connectivity index (χ1v) is 11.2. The third-order valence-corrected chi connectivity index (χ3v) is 6.13. The molecule has 0 unspecified atom stereocenters. The highest BCUT2D eigenvalue weighted by Crippen LogP contribution is 2.33. The largest absolute Gasteiger partial charge is 0.444 e. The van der Waals surface area contributed by atoms with Crippen LogP contribution >= 0.6 is 0 Å². The monoisotopic (exact) mass is 453 g/mol. The van der Waals surface area contributed by atoms with Gasteiger partial charge in [-0.1, -0.05) is 6.42 Å². The van der Waals surface area contributed by atoms with Gasteiger partial charge < -0.3 is 14.1 Å². The van der Waals surface area contributed by atoms with Gasteiger partial charge in [0.1, 0.15) is 11.1 Å². The Bertz CT molecular complexity index is 967. The number of carbonyl (C=O) groups excluding carboxylic acids is 1. The maximum atomic E-state index is 13.0. The van der Waals surface area contributed by atoms with Gasteiger partial charge >= 0.3 is 12.3 Å². The Kier molecular flexibility index (Phi) is 6.13. The van der Waals surface area contributed by atoms with E-state index < -0.39 is 17.3 Å². The molecule has 2 saturated heterocycles. The second-order valence-corrected chi connectivity index (χ2v) is 9.70. The van der Waals surface area contributed by atoms with E-state index >= 15 is 0 Å². The van der Waals surface area contributed by atoms with Crippen LogP contribution in [0.15, 0.2) is 22.6 Å². The first-order chi connectivity index (χ1) is 15.0. The van der Waals surface area contributed by atoms with Crippen LogP contribution < -0.4 is 0 Å². The van der Waals surface area contributed by atoms with E-state index in [4.69, 9.17) is 9.15 Å². The number of ether oxygens (including phenoxy) is 1. The van der Waals surface area contributed by atoms with Crippen LogP contribution in [-0.4, -0.2) is 51.7 Å². The number of benzene rings is 1. The van der Waals surface area contributed by atoms with Crippen molar-refractivity contribution in [1.82, 2.24) is 14.8 Å². The van der Waals surface area contributed by atoms with Gasteiger partial charge in [0, 0.05) is 12.6 Å². The maximum Gasteiger partial charge on any atom is 0.416 e. The minimum Gasteiger partial charge on any atom is -0.444 e. The fourth-order valence-electron chi connectivity index (χ4n) is 4.78. The Morgan fingerprint density at radius 1 is 1.12 bits per heavy atom. The number of hydrogen-bond acceptors (Lipinski definition) is 5. The van der Waals surface area contributed by atoms with Gasteiger partial charge in [0.2, 0.25) is 5.89 Å². The average molecular weight is 454 g/mol. The number of halogens is 3. The van der Waals surface area contributed by atoms with Gasteiger partial charge in [-0.2, -0.15) is 13.2 Å². The van der Waals surface area contributed by atoms with Gasteiger partial charge in [-0.3, -0.25) is 4.90 Å². The van der Waals surface area contributed by atoms with Crippen molar-refractivity contribution >= 4 is 17.2 Å². The first kappa shape index (κ1) is 22.9. The molecule has 2 aliphatic heterocycles. The number of fused-ring (bicyclic) bond motifs is 1. The number of aromatic nitrogens is 1. The zero-order valence-electron chi connectivity index (χ0n) is 18.7. The number of nitrogens with zero attached hydrogens (tertiary/aromatic N) is 3. The highest BCUT2D eigenvalue weighted by Gasteiger charge is 2.40. The summed E-state index contributed by atoms with van der Waals surface area (Å²) in [5.74, 6) is 0.396. The third kappa shape index (κ3) is 5.03. The van der Waals surface area contributed by atoms with E-state index in [1.807, 2.05) is 25.7 Å². The molecule has 0 N–H and O–H groups in total. The standard InChI is InChI=1S/C23H30F3N3O3/c1-22(2,3)32-21(30)29-12-6-8-18(29)17-7-4-5-11-28(17)14-20-27-16-13-15(23(24,25)26)9-10-19(16)31-20/h9-10,13,17-18H,4-8,11-12,14H2,1-3H3/t17-,18-/m1/s1. The van der Waals surface area contributed by atoms with Crippen molar-refractivity contribution in [3.05, 3.63) is 29.7 Å². The lowest BCUT2D eigenvalue weighted by Crippen LogP contribution is -2.53. The Balaban J connectivity index is 1.52. The van der Waals surface area contributed by atoms with Crippen LogP contribution in [0.4, 0.5) is 18.0 Å². The first-order valence-electron chi connectivity index (χ1n) is 11.2. The molecular formula is C23H30F3N3O3. The molecule has 1 aromatic carbocycles. The Labute approximate surface area is 185 Å². The fourth-order valence-corrected chi connectivity index (χ4v) is 4.78. The normalized spacial score (nSPS) is 23.1. The van der Waals surface area contributed by atoms with E-state index in [1.54, 1.807) is 0 Å². The summed E-state index contributed by atoms with van der Waals surface area (Å²) in [6.07, 6.45) is 0.171. The molecule has 2 aliphatic rings. The zero-order chi connectivity index (χ0) is 23.1. The molecule has 9 heteroatoms. The summed E-state index contributed by atoms with van der Waals surface area (Å²) in [6, 6.07) is 3.55. The highest BCUT2D eigenvalue weighted by atomic mass is 19.4. The lowest BCUT2D eigenvalue weighted by Gasteiger charge is -2.41. The Hall–Kier alpha value is -2.29. The van der Waals surface area contributed by atoms with Crippen LogP contribution in [-0.2, 0) is 17.5 Å². The molecule has 32 heavy (non-hydrogen) atoms. The van der Waals surface area contributed by atoms with Crippen molar-refractivity contribution in [3.8, 4) is 0 Å². The molecule has 2 aromatic rings. The van der Waals surface area contributed by atoms with Gasteiger partial charge in [0.15, 0.2) is 5.58 Å². The van der Waals surface area contributed by atoms with E-state index in [1.165, 1.54) is 6.07 Å². The average Bonchev–Trinajstić information content (AvgIpc) is 3.32. The maximum absolute atomic E-state index is 13.0. The number of hydrogen-bond donors (Lipinski definition) is 0. The van der Waals surface area contributed by atoms with E-state index in [0.29, 0.717) is 24.6 Å². The molecule has 3 heterocycles. The summed E-state index contributed by atoms with van der Waals surface area (Å²) in [5, 5.41) is 0. The summed E-state index contributed by atoms with van der Waals surface area (Å²) in [6.45, 7) is 7.49.